The molecule has 1 aromatic rings. The van der Waals surface area contributed by atoms with E-state index in [1.807, 2.05) is 23.5 Å². The van der Waals surface area contributed by atoms with Crippen LogP contribution in [-0.2, 0) is 0 Å². The average Bonchev–Trinajstić information content (AvgIpc) is 2.31. The smallest absolute Gasteiger partial charge is 0.251 e. The summed E-state index contributed by atoms with van der Waals surface area (Å²) < 4.78 is 0. The lowest BCUT2D eigenvalue weighted by Gasteiger charge is -2.30. The Balaban J connectivity index is 2.25. The van der Waals surface area contributed by atoms with E-state index in [-0.39, 0.29) is 5.56 Å². The van der Waals surface area contributed by atoms with Crippen LogP contribution in [0.25, 0.3) is 0 Å². The molecule has 1 saturated heterocycles. The van der Waals surface area contributed by atoms with Gasteiger partial charge < -0.3 is 4.98 Å². The molecule has 3 nitrogen and oxygen atoms in total. The molecular formula is C13H20N2OS2. The van der Waals surface area contributed by atoms with Crippen LogP contribution in [0, 0.1) is 0 Å². The number of aromatic amines is 1. The Hall–Kier alpha value is -0.420. The predicted molar refractivity (Wildman–Crippen MR) is 80.7 cm³/mol. The van der Waals surface area contributed by atoms with Gasteiger partial charge in [0.2, 0.25) is 0 Å². The Labute approximate surface area is 117 Å². The third-order valence-electron chi connectivity index (χ3n) is 3.23. The molecule has 18 heavy (non-hydrogen) atoms. The summed E-state index contributed by atoms with van der Waals surface area (Å²) in [5.41, 5.74) is 0.867. The fourth-order valence-corrected chi connectivity index (χ4v) is 4.74. The predicted octanol–water partition coefficient (Wildman–Crippen LogP) is 3.19. The zero-order valence-electron chi connectivity index (χ0n) is 11.3. The molecule has 1 aromatic heterocycles. The van der Waals surface area contributed by atoms with Gasteiger partial charge in [-0.15, -0.1) is 11.8 Å². The van der Waals surface area contributed by atoms with Gasteiger partial charge in [0.15, 0.2) is 0 Å². The number of nitrogens with zero attached hydrogens (tertiary/aromatic N) is 1. The van der Waals surface area contributed by atoms with E-state index in [1.54, 1.807) is 6.07 Å². The number of hydrogen-bond acceptors (Lipinski definition) is 4. The normalized spacial score (nSPS) is 28.6. The van der Waals surface area contributed by atoms with Gasteiger partial charge in [0, 0.05) is 22.3 Å². The zero-order valence-corrected chi connectivity index (χ0v) is 12.9. The Kier molecular flexibility index (Phi) is 4.43. The molecule has 1 aliphatic rings. The van der Waals surface area contributed by atoms with Crippen molar-refractivity contribution in [2.45, 2.75) is 49.4 Å². The van der Waals surface area contributed by atoms with E-state index >= 15 is 0 Å². The first-order valence-electron chi connectivity index (χ1n) is 6.35. The van der Waals surface area contributed by atoms with E-state index < -0.39 is 0 Å². The number of nitrogens with one attached hydrogen (secondary N) is 1. The molecule has 1 N–H and O–H groups in total. The van der Waals surface area contributed by atoms with Crippen molar-refractivity contribution in [2.24, 2.45) is 0 Å². The Morgan fingerprint density at radius 1 is 1.39 bits per heavy atom. The Bertz CT molecular complexity index is 472. The molecule has 0 radical (unpaired) electrons. The monoisotopic (exact) mass is 284 g/mol. The first kappa shape index (κ1) is 14.0. The number of rotatable bonds is 2. The van der Waals surface area contributed by atoms with Crippen LogP contribution in [0.15, 0.2) is 10.9 Å². The van der Waals surface area contributed by atoms with E-state index in [0.29, 0.717) is 21.7 Å². The van der Waals surface area contributed by atoms with E-state index in [1.165, 1.54) is 0 Å². The lowest BCUT2D eigenvalue weighted by Crippen LogP contribution is -2.25. The van der Waals surface area contributed by atoms with Gasteiger partial charge in [0.1, 0.15) is 5.82 Å². The van der Waals surface area contributed by atoms with Crippen LogP contribution >= 0.6 is 23.5 Å². The third-order valence-corrected chi connectivity index (χ3v) is 6.63. The topological polar surface area (TPSA) is 45.8 Å². The highest BCUT2D eigenvalue weighted by Crippen LogP contribution is 2.43. The summed E-state index contributed by atoms with van der Waals surface area (Å²) in [4.78, 5) is 19.2. The average molecular weight is 284 g/mol. The fraction of sp³-hybridized carbons (Fsp3) is 0.692. The van der Waals surface area contributed by atoms with Gasteiger partial charge in [0.05, 0.1) is 10.9 Å². The molecule has 2 rings (SSSR count). The fourth-order valence-electron chi connectivity index (χ4n) is 1.87. The minimum atomic E-state index is -0.0272. The molecular weight excluding hydrogens is 264 g/mol. The summed E-state index contributed by atoms with van der Waals surface area (Å²) in [6.45, 7) is 8.65. The second-order valence-electron chi connectivity index (χ2n) is 5.08. The van der Waals surface area contributed by atoms with Crippen LogP contribution in [0.5, 0.6) is 0 Å². The number of hydrogen-bond donors (Lipinski definition) is 1. The van der Waals surface area contributed by atoms with Gasteiger partial charge in [-0.25, -0.2) is 4.98 Å². The van der Waals surface area contributed by atoms with Crippen molar-refractivity contribution in [2.75, 3.05) is 5.75 Å². The van der Waals surface area contributed by atoms with Crippen LogP contribution in [0.1, 0.15) is 50.4 Å². The standard InChI is InChI=1S/C13H20N2OS2/c1-7(2)10-5-12(16)15-13(14-10)11-6-17-8(3)9(4)18-11/h5,7-9,11H,6H2,1-4H3,(H,14,15,16). The second kappa shape index (κ2) is 5.70. The van der Waals surface area contributed by atoms with Gasteiger partial charge in [-0.2, -0.15) is 11.8 Å². The molecule has 0 bridgehead atoms. The second-order valence-corrected chi connectivity index (χ2v) is 8.07. The van der Waals surface area contributed by atoms with Gasteiger partial charge >= 0.3 is 0 Å². The molecule has 3 atom stereocenters. The lowest BCUT2D eigenvalue weighted by molar-refractivity contribution is 0.770. The van der Waals surface area contributed by atoms with Crippen LogP contribution < -0.4 is 5.56 Å². The zero-order chi connectivity index (χ0) is 13.3. The quantitative estimate of drug-likeness (QED) is 0.906. The van der Waals surface area contributed by atoms with E-state index in [2.05, 4.69) is 37.7 Å². The van der Waals surface area contributed by atoms with Gasteiger partial charge in [-0.3, -0.25) is 4.79 Å². The lowest BCUT2D eigenvalue weighted by atomic mass is 10.1. The first-order chi connectivity index (χ1) is 8.47. The molecule has 0 aromatic carbocycles. The molecule has 100 valence electrons. The van der Waals surface area contributed by atoms with Crippen LogP contribution in [0.4, 0.5) is 0 Å². The number of H-pyrrole nitrogens is 1. The van der Waals surface area contributed by atoms with Crippen LogP contribution in [0.2, 0.25) is 0 Å². The molecule has 0 aliphatic carbocycles. The summed E-state index contributed by atoms with van der Waals surface area (Å²) in [7, 11) is 0. The molecule has 3 unspecified atom stereocenters. The van der Waals surface area contributed by atoms with Gasteiger partial charge in [-0.05, 0) is 5.92 Å². The van der Waals surface area contributed by atoms with Crippen molar-refractivity contribution < 1.29 is 0 Å². The Morgan fingerprint density at radius 2 is 2.11 bits per heavy atom. The highest BCUT2D eigenvalue weighted by Gasteiger charge is 2.28. The van der Waals surface area contributed by atoms with Crippen molar-refractivity contribution in [1.29, 1.82) is 0 Å². The van der Waals surface area contributed by atoms with Gasteiger partial charge in [-0.1, -0.05) is 27.7 Å². The highest BCUT2D eigenvalue weighted by atomic mass is 32.2. The van der Waals surface area contributed by atoms with E-state index in [0.717, 1.165) is 17.3 Å². The minimum absolute atomic E-state index is 0.0272. The van der Waals surface area contributed by atoms with E-state index in [4.69, 9.17) is 0 Å². The molecule has 1 fully saturated rings. The molecule has 0 spiro atoms. The summed E-state index contributed by atoms with van der Waals surface area (Å²) in [5, 5.41) is 1.58. The van der Waals surface area contributed by atoms with Gasteiger partial charge in [0.25, 0.3) is 5.56 Å². The maximum atomic E-state index is 11.7. The largest absolute Gasteiger partial charge is 0.310 e. The SMILES string of the molecule is CC(C)c1cc(=O)[nH]c(C2CSC(C)C(C)S2)n1. The molecule has 0 amide bonds. The molecule has 2 heterocycles. The number of thioether (sulfide) groups is 2. The molecule has 0 saturated carbocycles. The van der Waals surface area contributed by atoms with Crippen molar-refractivity contribution in [3.8, 4) is 0 Å². The maximum Gasteiger partial charge on any atom is 0.251 e. The summed E-state index contributed by atoms with van der Waals surface area (Å²) >= 11 is 3.89. The number of aromatic nitrogens is 2. The van der Waals surface area contributed by atoms with Crippen molar-refractivity contribution in [3.05, 3.63) is 27.9 Å². The van der Waals surface area contributed by atoms with E-state index in [9.17, 15) is 4.79 Å². The maximum absolute atomic E-state index is 11.7. The first-order valence-corrected chi connectivity index (χ1v) is 8.34. The Morgan fingerprint density at radius 3 is 2.72 bits per heavy atom. The van der Waals surface area contributed by atoms with Crippen molar-refractivity contribution >= 4 is 23.5 Å². The summed E-state index contributed by atoms with van der Waals surface area (Å²) in [6.07, 6.45) is 0. The summed E-state index contributed by atoms with van der Waals surface area (Å²) in [6, 6.07) is 1.61. The van der Waals surface area contributed by atoms with Crippen molar-refractivity contribution in [1.82, 2.24) is 9.97 Å². The minimum Gasteiger partial charge on any atom is -0.310 e. The van der Waals surface area contributed by atoms with Crippen LogP contribution in [0.3, 0.4) is 0 Å². The van der Waals surface area contributed by atoms with Crippen molar-refractivity contribution in [3.63, 3.8) is 0 Å². The third kappa shape index (κ3) is 3.12. The van der Waals surface area contributed by atoms with Crippen LogP contribution in [-0.4, -0.2) is 26.2 Å². The molecule has 1 aliphatic heterocycles. The highest BCUT2D eigenvalue weighted by molar-refractivity contribution is 8.07. The molecule has 5 heteroatoms. The summed E-state index contributed by atoms with van der Waals surface area (Å²) in [5.74, 6) is 2.17.